The number of hydrogen-bond acceptors (Lipinski definition) is 1. The van der Waals surface area contributed by atoms with Crippen LogP contribution in [0.25, 0.3) is 0 Å². The molecule has 0 atom stereocenters. The van der Waals surface area contributed by atoms with Crippen molar-refractivity contribution in [3.8, 4) is 0 Å². The molecule has 0 aromatic heterocycles. The molecule has 0 aromatic rings. The molecule has 0 unspecified atom stereocenters. The average molecular weight is 75.2 g/mol. The van der Waals surface area contributed by atoms with Crippen molar-refractivity contribution in [1.29, 1.82) is 0 Å². The molecule has 0 fully saturated rings. The Morgan fingerprint density at radius 3 is 1.50 bits per heavy atom. The zero-order chi connectivity index (χ0) is 3.58. The standard InChI is InChI=1S/C2H7OSi/c1-4(2)3/h3H,1-2H3. The lowest BCUT2D eigenvalue weighted by atomic mass is 11.9. The summed E-state index contributed by atoms with van der Waals surface area (Å²) in [7, 11) is -0.880. The van der Waals surface area contributed by atoms with Gasteiger partial charge in [0, 0.05) is 0 Å². The average Bonchev–Trinajstić information content (AvgIpc) is 0.811. The van der Waals surface area contributed by atoms with Crippen molar-refractivity contribution in [2.45, 2.75) is 13.1 Å². The third-order valence-electron chi connectivity index (χ3n) is 0. The zero-order valence-corrected chi connectivity index (χ0v) is 3.95. The first-order valence-electron chi connectivity index (χ1n) is 1.22. The van der Waals surface area contributed by atoms with Gasteiger partial charge in [-0.3, -0.25) is 0 Å². The maximum Gasteiger partial charge on any atom is 0.200 e. The van der Waals surface area contributed by atoms with Crippen molar-refractivity contribution in [1.82, 2.24) is 0 Å². The van der Waals surface area contributed by atoms with Gasteiger partial charge < -0.3 is 4.80 Å². The highest BCUT2D eigenvalue weighted by Crippen LogP contribution is 1.60. The van der Waals surface area contributed by atoms with Crippen molar-refractivity contribution in [3.63, 3.8) is 0 Å². The molecule has 0 aliphatic carbocycles. The summed E-state index contributed by atoms with van der Waals surface area (Å²) in [6.07, 6.45) is 0. The van der Waals surface area contributed by atoms with E-state index in [2.05, 4.69) is 0 Å². The minimum absolute atomic E-state index is 0.880. The molecule has 1 N–H and O–H groups in total. The smallest absolute Gasteiger partial charge is 0.200 e. The Hall–Kier alpha value is 0.177. The van der Waals surface area contributed by atoms with E-state index in [1.165, 1.54) is 0 Å². The van der Waals surface area contributed by atoms with Crippen molar-refractivity contribution < 1.29 is 4.80 Å². The van der Waals surface area contributed by atoms with Crippen LogP contribution >= 0.6 is 0 Å². The monoisotopic (exact) mass is 75.0 g/mol. The molecule has 4 heavy (non-hydrogen) atoms. The highest BCUT2D eigenvalue weighted by atomic mass is 28.3. The van der Waals surface area contributed by atoms with Gasteiger partial charge in [-0.15, -0.1) is 0 Å². The predicted molar refractivity (Wildman–Crippen MR) is 19.7 cm³/mol. The van der Waals surface area contributed by atoms with Crippen LogP contribution in [0.15, 0.2) is 0 Å². The van der Waals surface area contributed by atoms with Crippen LogP contribution in [0.2, 0.25) is 13.1 Å². The minimum Gasteiger partial charge on any atom is -0.432 e. The van der Waals surface area contributed by atoms with E-state index in [1.54, 1.807) is 0 Å². The van der Waals surface area contributed by atoms with E-state index in [1.807, 2.05) is 13.1 Å². The van der Waals surface area contributed by atoms with E-state index in [9.17, 15) is 0 Å². The van der Waals surface area contributed by atoms with Crippen LogP contribution in [-0.4, -0.2) is 13.8 Å². The molecule has 0 aromatic carbocycles. The normalized spacial score (nSPS) is 9.00. The first-order chi connectivity index (χ1) is 1.73. The van der Waals surface area contributed by atoms with Crippen molar-refractivity contribution in [3.05, 3.63) is 0 Å². The zero-order valence-electron chi connectivity index (χ0n) is 2.95. The lowest BCUT2D eigenvalue weighted by Crippen LogP contribution is -1.93. The SMILES string of the molecule is C[Si](C)O. The van der Waals surface area contributed by atoms with Crippen molar-refractivity contribution in [2.24, 2.45) is 0 Å². The second-order valence-electron chi connectivity index (χ2n) is 0.947. The highest BCUT2D eigenvalue weighted by Gasteiger charge is 1.76. The molecule has 0 aliphatic heterocycles. The van der Waals surface area contributed by atoms with Crippen molar-refractivity contribution >= 4 is 9.04 Å². The molecule has 0 saturated carbocycles. The van der Waals surface area contributed by atoms with E-state index < -0.39 is 9.04 Å². The Labute approximate surface area is 28.0 Å². The Balaban J connectivity index is 2.32. The maximum absolute atomic E-state index is 8.16. The Morgan fingerprint density at radius 2 is 1.50 bits per heavy atom. The van der Waals surface area contributed by atoms with E-state index in [0.717, 1.165) is 0 Å². The molecule has 0 amide bonds. The molecule has 2 heteroatoms. The van der Waals surface area contributed by atoms with E-state index in [-0.39, 0.29) is 0 Å². The molecule has 0 rings (SSSR count). The first kappa shape index (κ1) is 4.18. The van der Waals surface area contributed by atoms with Gasteiger partial charge in [0.05, 0.1) is 0 Å². The molecule has 0 heterocycles. The molecule has 0 saturated heterocycles. The lowest BCUT2D eigenvalue weighted by molar-refractivity contribution is 0.587. The molecule has 0 aliphatic rings. The Morgan fingerprint density at radius 1 is 1.50 bits per heavy atom. The fourth-order valence-corrected chi connectivity index (χ4v) is 0. The van der Waals surface area contributed by atoms with Gasteiger partial charge >= 0.3 is 0 Å². The second kappa shape index (κ2) is 1.49. The summed E-state index contributed by atoms with van der Waals surface area (Å²) in [6, 6.07) is 0. The minimum atomic E-state index is -0.880. The summed E-state index contributed by atoms with van der Waals surface area (Å²) in [5.41, 5.74) is 0. The summed E-state index contributed by atoms with van der Waals surface area (Å²) in [4.78, 5) is 8.16. The van der Waals surface area contributed by atoms with E-state index in [4.69, 9.17) is 4.80 Å². The first-order valence-corrected chi connectivity index (χ1v) is 3.67. The molecule has 1 nitrogen and oxygen atoms in total. The third-order valence-corrected chi connectivity index (χ3v) is 0. The van der Waals surface area contributed by atoms with Gasteiger partial charge in [0.15, 0.2) is 9.04 Å². The Kier molecular flexibility index (Phi) is 1.56. The van der Waals surface area contributed by atoms with Crippen LogP contribution in [-0.2, 0) is 0 Å². The highest BCUT2D eigenvalue weighted by molar-refractivity contribution is 6.46. The summed E-state index contributed by atoms with van der Waals surface area (Å²) in [5, 5.41) is 0. The molecule has 0 bridgehead atoms. The second-order valence-corrected chi connectivity index (χ2v) is 2.84. The van der Waals surface area contributed by atoms with Crippen LogP contribution in [0.3, 0.4) is 0 Å². The maximum atomic E-state index is 8.16. The third kappa shape index (κ3) is 96.4. The van der Waals surface area contributed by atoms with Crippen LogP contribution in [0.5, 0.6) is 0 Å². The summed E-state index contributed by atoms with van der Waals surface area (Å²) >= 11 is 0. The van der Waals surface area contributed by atoms with Crippen LogP contribution in [0.4, 0.5) is 0 Å². The fraction of sp³-hybridized carbons (Fsp3) is 1.00. The molecular formula is C2H7OSi. The number of rotatable bonds is 0. The summed E-state index contributed by atoms with van der Waals surface area (Å²) in [6.45, 7) is 3.65. The predicted octanol–water partition coefficient (Wildman–Crippen LogP) is 0.230. The van der Waals surface area contributed by atoms with Gasteiger partial charge in [0.25, 0.3) is 0 Å². The molecule has 0 spiro atoms. The van der Waals surface area contributed by atoms with Crippen molar-refractivity contribution in [2.75, 3.05) is 0 Å². The molecule has 25 valence electrons. The van der Waals surface area contributed by atoms with E-state index in [0.29, 0.717) is 0 Å². The van der Waals surface area contributed by atoms with Crippen LogP contribution in [0.1, 0.15) is 0 Å². The number of hydrogen-bond donors (Lipinski definition) is 1. The molecular weight excluding hydrogens is 68.1 g/mol. The van der Waals surface area contributed by atoms with Gasteiger partial charge in [-0.05, 0) is 13.1 Å². The van der Waals surface area contributed by atoms with Crippen LogP contribution < -0.4 is 0 Å². The topological polar surface area (TPSA) is 20.2 Å². The largest absolute Gasteiger partial charge is 0.432 e. The lowest BCUT2D eigenvalue weighted by Gasteiger charge is -1.74. The van der Waals surface area contributed by atoms with Gasteiger partial charge in [0.2, 0.25) is 0 Å². The molecule has 1 radical (unpaired) electrons. The van der Waals surface area contributed by atoms with Crippen LogP contribution in [0, 0.1) is 0 Å². The summed E-state index contributed by atoms with van der Waals surface area (Å²) in [5.74, 6) is 0. The van der Waals surface area contributed by atoms with Gasteiger partial charge in [0.1, 0.15) is 0 Å². The quantitative estimate of drug-likeness (QED) is 0.409. The Bertz CT molecular complexity index is 10.8. The van der Waals surface area contributed by atoms with Gasteiger partial charge in [-0.2, -0.15) is 0 Å². The summed E-state index contributed by atoms with van der Waals surface area (Å²) < 4.78 is 0. The van der Waals surface area contributed by atoms with E-state index >= 15 is 0 Å². The van der Waals surface area contributed by atoms with Gasteiger partial charge in [-0.25, -0.2) is 0 Å². The van der Waals surface area contributed by atoms with Gasteiger partial charge in [-0.1, -0.05) is 0 Å². The fourth-order valence-electron chi connectivity index (χ4n) is 0.